The van der Waals surface area contributed by atoms with Crippen LogP contribution in [0.4, 0.5) is 11.4 Å². The molecule has 0 unspecified atom stereocenters. The summed E-state index contributed by atoms with van der Waals surface area (Å²) in [5, 5.41) is 5.78. The molecule has 2 rings (SSSR count). The zero-order valence-electron chi connectivity index (χ0n) is 13.3. The number of carbonyl (C=O) groups is 1. The SMILES string of the molecule is COc1cc(N)ccc1NC(=S)NC(=O)c1ccc(C)c(C)c1. The molecule has 2 aromatic carbocycles. The topological polar surface area (TPSA) is 76.4 Å². The van der Waals surface area contributed by atoms with Crippen molar-refractivity contribution < 1.29 is 9.53 Å². The molecule has 5 nitrogen and oxygen atoms in total. The van der Waals surface area contributed by atoms with Crippen molar-refractivity contribution >= 4 is 34.6 Å². The van der Waals surface area contributed by atoms with E-state index in [1.165, 1.54) is 7.11 Å². The quantitative estimate of drug-likeness (QED) is 0.596. The van der Waals surface area contributed by atoms with Gasteiger partial charge in [-0.2, -0.15) is 0 Å². The first-order chi connectivity index (χ1) is 10.9. The number of thiocarbonyl (C=S) groups is 1. The minimum Gasteiger partial charge on any atom is -0.494 e. The molecule has 0 bridgehead atoms. The highest BCUT2D eigenvalue weighted by Gasteiger charge is 2.11. The lowest BCUT2D eigenvalue weighted by atomic mass is 10.1. The summed E-state index contributed by atoms with van der Waals surface area (Å²) in [4.78, 5) is 12.2. The van der Waals surface area contributed by atoms with E-state index >= 15 is 0 Å². The van der Waals surface area contributed by atoms with E-state index in [9.17, 15) is 4.79 Å². The molecule has 0 aliphatic carbocycles. The lowest BCUT2D eigenvalue weighted by Gasteiger charge is -2.13. The predicted octanol–water partition coefficient (Wildman–Crippen LogP) is 3.02. The van der Waals surface area contributed by atoms with E-state index in [0.717, 1.165) is 11.1 Å². The van der Waals surface area contributed by atoms with Crippen LogP contribution < -0.4 is 21.1 Å². The summed E-state index contributed by atoms with van der Waals surface area (Å²) in [5.74, 6) is 0.285. The Bertz CT molecular complexity index is 759. The number of aryl methyl sites for hydroxylation is 2. The van der Waals surface area contributed by atoms with E-state index in [1.54, 1.807) is 24.3 Å². The van der Waals surface area contributed by atoms with Crippen molar-refractivity contribution in [2.45, 2.75) is 13.8 Å². The van der Waals surface area contributed by atoms with Crippen molar-refractivity contribution in [3.63, 3.8) is 0 Å². The maximum absolute atomic E-state index is 12.2. The van der Waals surface area contributed by atoms with Crippen molar-refractivity contribution in [1.29, 1.82) is 0 Å². The number of hydrogen-bond donors (Lipinski definition) is 3. The molecule has 6 heteroatoms. The van der Waals surface area contributed by atoms with Crippen molar-refractivity contribution in [3.8, 4) is 5.75 Å². The molecule has 2 aromatic rings. The Balaban J connectivity index is 2.07. The van der Waals surface area contributed by atoms with Crippen LogP contribution in [0.15, 0.2) is 36.4 Å². The lowest BCUT2D eigenvalue weighted by molar-refractivity contribution is 0.0977. The van der Waals surface area contributed by atoms with E-state index in [2.05, 4.69) is 10.6 Å². The van der Waals surface area contributed by atoms with E-state index in [-0.39, 0.29) is 11.0 Å². The standard InChI is InChI=1S/C17H19N3O2S/c1-10-4-5-12(8-11(10)2)16(21)20-17(23)19-14-7-6-13(18)9-15(14)22-3/h4-9H,18H2,1-3H3,(H2,19,20,21,23). The Morgan fingerprint density at radius 3 is 2.52 bits per heavy atom. The third-order valence-electron chi connectivity index (χ3n) is 3.47. The van der Waals surface area contributed by atoms with Crippen LogP contribution in [0, 0.1) is 13.8 Å². The number of rotatable bonds is 3. The summed E-state index contributed by atoms with van der Waals surface area (Å²) in [6.45, 7) is 3.96. The van der Waals surface area contributed by atoms with Gasteiger partial charge in [0.1, 0.15) is 5.75 Å². The van der Waals surface area contributed by atoms with Crippen LogP contribution in [-0.4, -0.2) is 18.1 Å². The van der Waals surface area contributed by atoms with E-state index in [0.29, 0.717) is 22.7 Å². The smallest absolute Gasteiger partial charge is 0.257 e. The highest BCUT2D eigenvalue weighted by molar-refractivity contribution is 7.80. The van der Waals surface area contributed by atoms with Crippen LogP contribution in [0.3, 0.4) is 0 Å². The van der Waals surface area contributed by atoms with Crippen LogP contribution in [-0.2, 0) is 0 Å². The summed E-state index contributed by atoms with van der Waals surface area (Å²) >= 11 is 5.18. The summed E-state index contributed by atoms with van der Waals surface area (Å²) in [5.41, 5.74) is 9.66. The van der Waals surface area contributed by atoms with Gasteiger partial charge in [0.2, 0.25) is 0 Å². The van der Waals surface area contributed by atoms with Crippen molar-refractivity contribution in [3.05, 3.63) is 53.1 Å². The molecule has 0 saturated heterocycles. The molecule has 0 fully saturated rings. The monoisotopic (exact) mass is 329 g/mol. The van der Waals surface area contributed by atoms with Crippen LogP contribution >= 0.6 is 12.2 Å². The predicted molar refractivity (Wildman–Crippen MR) is 97.0 cm³/mol. The number of nitrogens with one attached hydrogen (secondary N) is 2. The van der Waals surface area contributed by atoms with Gasteiger partial charge in [-0.1, -0.05) is 6.07 Å². The maximum atomic E-state index is 12.2. The second-order valence-electron chi connectivity index (χ2n) is 5.17. The first kappa shape index (κ1) is 16.8. The third-order valence-corrected chi connectivity index (χ3v) is 3.67. The number of amides is 1. The number of hydrogen-bond acceptors (Lipinski definition) is 4. The average molecular weight is 329 g/mol. The van der Waals surface area contributed by atoms with E-state index in [4.69, 9.17) is 22.7 Å². The molecule has 0 atom stereocenters. The largest absolute Gasteiger partial charge is 0.494 e. The number of carbonyl (C=O) groups excluding carboxylic acids is 1. The molecule has 0 aliphatic rings. The fourth-order valence-corrected chi connectivity index (χ4v) is 2.23. The van der Waals surface area contributed by atoms with Gasteiger partial charge in [0.25, 0.3) is 5.91 Å². The zero-order chi connectivity index (χ0) is 17.0. The van der Waals surface area contributed by atoms with Gasteiger partial charge in [0.05, 0.1) is 12.8 Å². The van der Waals surface area contributed by atoms with Gasteiger partial charge in [-0.15, -0.1) is 0 Å². The van der Waals surface area contributed by atoms with Gasteiger partial charge in [0.15, 0.2) is 5.11 Å². The number of methoxy groups -OCH3 is 1. The molecule has 0 heterocycles. The van der Waals surface area contributed by atoms with Crippen LogP contribution in [0.2, 0.25) is 0 Å². The lowest BCUT2D eigenvalue weighted by Crippen LogP contribution is -2.34. The molecule has 23 heavy (non-hydrogen) atoms. The first-order valence-corrected chi connectivity index (χ1v) is 7.44. The Morgan fingerprint density at radius 1 is 1.13 bits per heavy atom. The minimum atomic E-state index is -0.264. The van der Waals surface area contributed by atoms with Gasteiger partial charge in [-0.3, -0.25) is 10.1 Å². The van der Waals surface area contributed by atoms with Gasteiger partial charge < -0.3 is 15.8 Å². The Hall–Kier alpha value is -2.60. The second kappa shape index (κ2) is 7.11. The fourth-order valence-electron chi connectivity index (χ4n) is 2.02. The molecule has 0 aromatic heterocycles. The first-order valence-electron chi connectivity index (χ1n) is 7.04. The summed E-state index contributed by atoms with van der Waals surface area (Å²) in [7, 11) is 1.54. The number of ether oxygens (including phenoxy) is 1. The minimum absolute atomic E-state index is 0.191. The number of nitrogen functional groups attached to an aromatic ring is 1. The molecule has 0 saturated carbocycles. The number of nitrogens with two attached hydrogens (primary N) is 1. The zero-order valence-corrected chi connectivity index (χ0v) is 14.1. The Morgan fingerprint density at radius 2 is 1.87 bits per heavy atom. The highest BCUT2D eigenvalue weighted by atomic mass is 32.1. The van der Waals surface area contributed by atoms with E-state index in [1.807, 2.05) is 26.0 Å². The van der Waals surface area contributed by atoms with Gasteiger partial charge in [0, 0.05) is 17.3 Å². The molecular weight excluding hydrogens is 310 g/mol. The molecule has 0 spiro atoms. The molecule has 0 radical (unpaired) electrons. The van der Waals surface area contributed by atoms with E-state index < -0.39 is 0 Å². The van der Waals surface area contributed by atoms with Crippen LogP contribution in [0.5, 0.6) is 5.75 Å². The van der Waals surface area contributed by atoms with Gasteiger partial charge >= 0.3 is 0 Å². The van der Waals surface area contributed by atoms with Crippen molar-refractivity contribution in [2.75, 3.05) is 18.2 Å². The number of benzene rings is 2. The maximum Gasteiger partial charge on any atom is 0.257 e. The summed E-state index contributed by atoms with van der Waals surface area (Å²) in [6.07, 6.45) is 0. The fraction of sp³-hybridized carbons (Fsp3) is 0.176. The third kappa shape index (κ3) is 4.20. The average Bonchev–Trinajstić information content (AvgIpc) is 2.51. The Kier molecular flexibility index (Phi) is 5.18. The normalized spacial score (nSPS) is 10.0. The Labute approximate surface area is 140 Å². The summed E-state index contributed by atoms with van der Waals surface area (Å²) < 4.78 is 5.23. The number of anilines is 2. The molecule has 1 amide bonds. The van der Waals surface area contributed by atoms with Gasteiger partial charge in [-0.05, 0) is 61.5 Å². The van der Waals surface area contributed by atoms with Crippen LogP contribution in [0.1, 0.15) is 21.5 Å². The molecular formula is C17H19N3O2S. The molecule has 4 N–H and O–H groups in total. The molecule has 0 aliphatic heterocycles. The second-order valence-corrected chi connectivity index (χ2v) is 5.58. The highest BCUT2D eigenvalue weighted by Crippen LogP contribution is 2.26. The van der Waals surface area contributed by atoms with Crippen molar-refractivity contribution in [2.24, 2.45) is 0 Å². The van der Waals surface area contributed by atoms with Crippen LogP contribution in [0.25, 0.3) is 0 Å². The molecule has 120 valence electrons. The van der Waals surface area contributed by atoms with Gasteiger partial charge in [-0.25, -0.2) is 0 Å². The summed E-state index contributed by atoms with van der Waals surface area (Å²) in [6, 6.07) is 10.6. The van der Waals surface area contributed by atoms with Crippen molar-refractivity contribution in [1.82, 2.24) is 5.32 Å².